The lowest BCUT2D eigenvalue weighted by atomic mass is 9.74. The maximum atomic E-state index is 5.94. The number of nitrogens with two attached hydrogens (primary N) is 1. The van der Waals surface area contributed by atoms with Gasteiger partial charge < -0.3 is 5.73 Å². The predicted octanol–water partition coefficient (Wildman–Crippen LogP) is 2.95. The smallest absolute Gasteiger partial charge is 0.0449 e. The summed E-state index contributed by atoms with van der Waals surface area (Å²) in [4.78, 5) is 4.47. The number of rotatable bonds is 3. The number of aromatic nitrogens is 1. The molecule has 2 nitrogen and oxygen atoms in total. The Bertz CT molecular complexity index is 310. The minimum absolute atomic E-state index is 0.462. The SMILES string of the molecule is CC1CCCC(C(CN)c2ccccn2)C1. The highest BCUT2D eigenvalue weighted by Gasteiger charge is 2.27. The largest absolute Gasteiger partial charge is 0.330 e. The van der Waals surface area contributed by atoms with E-state index in [-0.39, 0.29) is 0 Å². The summed E-state index contributed by atoms with van der Waals surface area (Å²) >= 11 is 0. The van der Waals surface area contributed by atoms with Crippen LogP contribution in [0.15, 0.2) is 24.4 Å². The number of hydrogen-bond donors (Lipinski definition) is 1. The van der Waals surface area contributed by atoms with Gasteiger partial charge in [-0.15, -0.1) is 0 Å². The van der Waals surface area contributed by atoms with E-state index in [4.69, 9.17) is 5.73 Å². The van der Waals surface area contributed by atoms with Gasteiger partial charge in [0.25, 0.3) is 0 Å². The third kappa shape index (κ3) is 2.62. The summed E-state index contributed by atoms with van der Waals surface area (Å²) in [5, 5.41) is 0. The summed E-state index contributed by atoms with van der Waals surface area (Å²) in [7, 11) is 0. The Morgan fingerprint density at radius 2 is 2.31 bits per heavy atom. The summed E-state index contributed by atoms with van der Waals surface area (Å²) in [6.07, 6.45) is 7.26. The topological polar surface area (TPSA) is 38.9 Å². The van der Waals surface area contributed by atoms with Crippen molar-refractivity contribution in [3.05, 3.63) is 30.1 Å². The van der Waals surface area contributed by atoms with Crippen LogP contribution in [0.1, 0.15) is 44.2 Å². The molecule has 2 heteroatoms. The van der Waals surface area contributed by atoms with Crippen molar-refractivity contribution in [3.8, 4) is 0 Å². The van der Waals surface area contributed by atoms with Crippen LogP contribution in [0.25, 0.3) is 0 Å². The Morgan fingerprint density at radius 3 is 2.94 bits per heavy atom. The molecule has 88 valence electrons. The van der Waals surface area contributed by atoms with Crippen molar-refractivity contribution < 1.29 is 0 Å². The highest BCUT2D eigenvalue weighted by Crippen LogP contribution is 2.37. The first kappa shape index (κ1) is 11.6. The van der Waals surface area contributed by atoms with Crippen LogP contribution in [0.2, 0.25) is 0 Å². The highest BCUT2D eigenvalue weighted by atomic mass is 14.7. The maximum Gasteiger partial charge on any atom is 0.0449 e. The first-order valence-electron chi connectivity index (χ1n) is 6.42. The Labute approximate surface area is 98.3 Å². The monoisotopic (exact) mass is 218 g/mol. The normalized spacial score (nSPS) is 27.6. The molecule has 2 N–H and O–H groups in total. The minimum Gasteiger partial charge on any atom is -0.330 e. The molecule has 3 atom stereocenters. The number of pyridine rings is 1. The van der Waals surface area contributed by atoms with Gasteiger partial charge in [0.1, 0.15) is 0 Å². The van der Waals surface area contributed by atoms with Crippen LogP contribution in [0, 0.1) is 11.8 Å². The van der Waals surface area contributed by atoms with Gasteiger partial charge in [-0.1, -0.05) is 25.8 Å². The Balaban J connectivity index is 2.10. The van der Waals surface area contributed by atoms with E-state index in [0.29, 0.717) is 5.92 Å². The van der Waals surface area contributed by atoms with Crippen molar-refractivity contribution in [2.75, 3.05) is 6.54 Å². The molecular weight excluding hydrogens is 196 g/mol. The zero-order valence-electron chi connectivity index (χ0n) is 10.1. The summed E-state index contributed by atoms with van der Waals surface area (Å²) in [6.45, 7) is 3.09. The zero-order chi connectivity index (χ0) is 11.4. The van der Waals surface area contributed by atoms with Crippen LogP contribution in [-0.2, 0) is 0 Å². The van der Waals surface area contributed by atoms with Crippen LogP contribution >= 0.6 is 0 Å². The van der Waals surface area contributed by atoms with Crippen LogP contribution in [0.4, 0.5) is 0 Å². The van der Waals surface area contributed by atoms with Gasteiger partial charge in [0, 0.05) is 24.4 Å². The van der Waals surface area contributed by atoms with Gasteiger partial charge in [-0.25, -0.2) is 0 Å². The fourth-order valence-electron chi connectivity index (χ4n) is 3.00. The highest BCUT2D eigenvalue weighted by molar-refractivity contribution is 5.11. The van der Waals surface area contributed by atoms with Crippen LogP contribution < -0.4 is 5.73 Å². The second-order valence-corrected chi connectivity index (χ2v) is 5.13. The van der Waals surface area contributed by atoms with E-state index >= 15 is 0 Å². The van der Waals surface area contributed by atoms with E-state index < -0.39 is 0 Å². The lowest BCUT2D eigenvalue weighted by Crippen LogP contribution is -2.26. The molecule has 0 spiro atoms. The Morgan fingerprint density at radius 1 is 1.44 bits per heavy atom. The van der Waals surface area contributed by atoms with Gasteiger partial charge >= 0.3 is 0 Å². The lowest BCUT2D eigenvalue weighted by Gasteiger charge is -2.32. The molecule has 0 aromatic carbocycles. The maximum absolute atomic E-state index is 5.94. The van der Waals surface area contributed by atoms with Crippen molar-refractivity contribution in [2.45, 2.75) is 38.5 Å². The fourth-order valence-corrected chi connectivity index (χ4v) is 3.00. The molecule has 0 radical (unpaired) electrons. The van der Waals surface area contributed by atoms with E-state index in [0.717, 1.165) is 18.4 Å². The predicted molar refractivity (Wildman–Crippen MR) is 67.2 cm³/mol. The second kappa shape index (κ2) is 5.44. The third-order valence-electron chi connectivity index (χ3n) is 3.87. The van der Waals surface area contributed by atoms with E-state index in [1.807, 2.05) is 12.3 Å². The van der Waals surface area contributed by atoms with Crippen LogP contribution in [0.3, 0.4) is 0 Å². The molecule has 16 heavy (non-hydrogen) atoms. The molecule has 1 aliphatic carbocycles. The molecule has 1 saturated carbocycles. The molecule has 0 amide bonds. The zero-order valence-corrected chi connectivity index (χ0v) is 10.1. The molecule has 0 aliphatic heterocycles. The first-order chi connectivity index (χ1) is 7.81. The Kier molecular flexibility index (Phi) is 3.94. The van der Waals surface area contributed by atoms with Crippen molar-refractivity contribution in [3.63, 3.8) is 0 Å². The molecule has 1 aliphatic rings. The van der Waals surface area contributed by atoms with E-state index in [1.165, 1.54) is 31.4 Å². The van der Waals surface area contributed by atoms with Gasteiger partial charge in [0.05, 0.1) is 0 Å². The van der Waals surface area contributed by atoms with Gasteiger partial charge in [-0.05, 0) is 36.8 Å². The summed E-state index contributed by atoms with van der Waals surface area (Å²) in [5.41, 5.74) is 7.13. The van der Waals surface area contributed by atoms with Crippen LogP contribution in [0.5, 0.6) is 0 Å². The van der Waals surface area contributed by atoms with Gasteiger partial charge in [0.15, 0.2) is 0 Å². The first-order valence-corrected chi connectivity index (χ1v) is 6.42. The number of nitrogens with zero attached hydrogens (tertiary/aromatic N) is 1. The lowest BCUT2D eigenvalue weighted by molar-refractivity contribution is 0.245. The standard InChI is InChI=1S/C14H22N2/c1-11-5-4-6-12(9-11)13(10-15)14-7-2-3-8-16-14/h2-3,7-8,11-13H,4-6,9-10,15H2,1H3. The van der Waals surface area contributed by atoms with E-state index in [9.17, 15) is 0 Å². The van der Waals surface area contributed by atoms with E-state index in [2.05, 4.69) is 24.0 Å². The third-order valence-corrected chi connectivity index (χ3v) is 3.87. The molecule has 1 heterocycles. The molecule has 1 aromatic rings. The van der Waals surface area contributed by atoms with E-state index in [1.54, 1.807) is 0 Å². The van der Waals surface area contributed by atoms with Crippen LogP contribution in [-0.4, -0.2) is 11.5 Å². The average molecular weight is 218 g/mol. The van der Waals surface area contributed by atoms with Crippen molar-refractivity contribution >= 4 is 0 Å². The summed E-state index contributed by atoms with van der Waals surface area (Å²) in [6, 6.07) is 6.16. The van der Waals surface area contributed by atoms with Gasteiger partial charge in [-0.3, -0.25) is 4.98 Å². The molecular formula is C14H22N2. The summed E-state index contributed by atoms with van der Waals surface area (Å²) < 4.78 is 0. The molecule has 1 fully saturated rings. The fraction of sp³-hybridized carbons (Fsp3) is 0.643. The average Bonchev–Trinajstić information content (AvgIpc) is 2.31. The second-order valence-electron chi connectivity index (χ2n) is 5.13. The summed E-state index contributed by atoms with van der Waals surface area (Å²) in [5.74, 6) is 2.06. The molecule has 0 saturated heterocycles. The number of hydrogen-bond acceptors (Lipinski definition) is 2. The van der Waals surface area contributed by atoms with Crippen molar-refractivity contribution in [2.24, 2.45) is 17.6 Å². The molecule has 2 rings (SSSR count). The van der Waals surface area contributed by atoms with Gasteiger partial charge in [0.2, 0.25) is 0 Å². The minimum atomic E-state index is 0.462. The molecule has 1 aromatic heterocycles. The van der Waals surface area contributed by atoms with Crippen molar-refractivity contribution in [1.29, 1.82) is 0 Å². The van der Waals surface area contributed by atoms with Crippen molar-refractivity contribution in [1.82, 2.24) is 4.98 Å². The molecule has 0 bridgehead atoms. The quantitative estimate of drug-likeness (QED) is 0.847. The Hall–Kier alpha value is -0.890. The van der Waals surface area contributed by atoms with Gasteiger partial charge in [-0.2, -0.15) is 0 Å². The molecule has 3 unspecified atom stereocenters.